The fourth-order valence-corrected chi connectivity index (χ4v) is 2.38. The highest BCUT2D eigenvalue weighted by atomic mass is 16.5. The smallest absolute Gasteiger partial charge is 0.526 e. The van der Waals surface area contributed by atoms with E-state index in [1.54, 1.807) is 12.1 Å². The molecule has 0 aliphatic carbocycles. The van der Waals surface area contributed by atoms with E-state index in [9.17, 15) is 19.4 Å². The van der Waals surface area contributed by atoms with Gasteiger partial charge in [-0.15, -0.1) is 0 Å². The van der Waals surface area contributed by atoms with Crippen LogP contribution in [0.1, 0.15) is 22.3 Å². The summed E-state index contributed by atoms with van der Waals surface area (Å²) in [6.45, 7) is -0.222. The van der Waals surface area contributed by atoms with Gasteiger partial charge in [0.05, 0.1) is 12.1 Å². The van der Waals surface area contributed by atoms with Gasteiger partial charge in [-0.05, 0) is 18.1 Å². The zero-order chi connectivity index (χ0) is 16.3. The predicted octanol–water partition coefficient (Wildman–Crippen LogP) is -0.202. The summed E-state index contributed by atoms with van der Waals surface area (Å²) in [6, 6.07) is 3.85. The fraction of sp³-hybridized carbons (Fsp3) is 0.308. The van der Waals surface area contributed by atoms with Crippen LogP contribution in [-0.4, -0.2) is 41.6 Å². The first-order chi connectivity index (χ1) is 10.4. The molecule has 1 heterocycles. The van der Waals surface area contributed by atoms with Crippen molar-refractivity contribution in [2.24, 2.45) is 5.73 Å². The highest BCUT2D eigenvalue weighted by Gasteiger charge is 2.37. The van der Waals surface area contributed by atoms with Crippen molar-refractivity contribution in [1.82, 2.24) is 5.32 Å². The lowest BCUT2D eigenvalue weighted by atomic mass is 9.64. The van der Waals surface area contributed by atoms with Crippen molar-refractivity contribution in [2.45, 2.75) is 18.7 Å². The molecule has 5 N–H and O–H groups in total. The number of rotatable bonds is 5. The third-order valence-electron chi connectivity index (χ3n) is 3.40. The molecule has 0 fully saturated rings. The van der Waals surface area contributed by atoms with E-state index in [-0.39, 0.29) is 30.1 Å². The van der Waals surface area contributed by atoms with Crippen LogP contribution < -0.4 is 15.7 Å². The monoisotopic (exact) mass is 306 g/mol. The maximum absolute atomic E-state index is 11.7. The molecule has 1 aliphatic heterocycles. The first kappa shape index (κ1) is 15.8. The number of hydrogen-bond acceptors (Lipinski definition) is 5. The number of primary amides is 1. The second-order valence-corrected chi connectivity index (χ2v) is 5.03. The molecule has 2 rings (SSSR count). The molecule has 1 aromatic carbocycles. The van der Waals surface area contributed by atoms with Gasteiger partial charge in [0.2, 0.25) is 0 Å². The molecule has 9 heteroatoms. The van der Waals surface area contributed by atoms with Crippen LogP contribution in [0.15, 0.2) is 18.2 Å². The Kier molecular flexibility index (Phi) is 4.67. The zero-order valence-corrected chi connectivity index (χ0v) is 11.6. The number of hydrogen-bond donors (Lipinski definition) is 4. The number of carboxylic acid groups (broad SMARTS) is 1. The van der Waals surface area contributed by atoms with Crippen LogP contribution in [0.2, 0.25) is 5.82 Å². The van der Waals surface area contributed by atoms with Crippen LogP contribution in [0.4, 0.5) is 4.79 Å². The Morgan fingerprint density at radius 2 is 2.14 bits per heavy atom. The Bertz CT molecular complexity index is 621. The fourth-order valence-electron chi connectivity index (χ4n) is 2.38. The zero-order valence-electron chi connectivity index (χ0n) is 11.6. The van der Waals surface area contributed by atoms with Gasteiger partial charge < -0.3 is 25.8 Å². The van der Waals surface area contributed by atoms with Crippen molar-refractivity contribution >= 4 is 24.9 Å². The summed E-state index contributed by atoms with van der Waals surface area (Å²) in [4.78, 5) is 33.4. The maximum atomic E-state index is 11.7. The van der Waals surface area contributed by atoms with Gasteiger partial charge in [0.25, 0.3) is 0 Å². The minimum Gasteiger partial charge on any atom is -0.535 e. The summed E-state index contributed by atoms with van der Waals surface area (Å²) >= 11 is 0. The van der Waals surface area contributed by atoms with Gasteiger partial charge in [-0.3, -0.25) is 4.79 Å². The number of carboxylic acids is 1. The molecule has 0 radical (unpaired) electrons. The molecular weight excluding hydrogens is 291 g/mol. The molecule has 0 saturated heterocycles. The van der Waals surface area contributed by atoms with Crippen molar-refractivity contribution in [3.05, 3.63) is 29.3 Å². The van der Waals surface area contributed by atoms with Crippen LogP contribution in [0.5, 0.6) is 5.75 Å². The Hall–Kier alpha value is -2.55. The number of nitrogens with one attached hydrogen (secondary N) is 1. The lowest BCUT2D eigenvalue weighted by molar-refractivity contribution is -0.118. The number of ketones is 1. The molecule has 0 spiro atoms. The van der Waals surface area contributed by atoms with E-state index < -0.39 is 24.9 Å². The lowest BCUT2D eigenvalue weighted by Crippen LogP contribution is -2.38. The normalized spacial score (nSPS) is 16.4. The number of aromatic carboxylic acids is 1. The number of Topliss-reactive ketones (excluding diaryl/α,β-unsaturated/α-hetero) is 1. The second kappa shape index (κ2) is 6.48. The largest absolute Gasteiger partial charge is 0.535 e. The summed E-state index contributed by atoms with van der Waals surface area (Å²) in [7, 11) is -1.29. The van der Waals surface area contributed by atoms with E-state index in [4.69, 9.17) is 15.5 Å². The summed E-state index contributed by atoms with van der Waals surface area (Å²) in [6.07, 6.45) is 0.290. The van der Waals surface area contributed by atoms with Crippen molar-refractivity contribution in [2.75, 3.05) is 6.54 Å². The first-order valence-electron chi connectivity index (χ1n) is 6.63. The predicted molar refractivity (Wildman–Crippen MR) is 76.7 cm³/mol. The lowest BCUT2D eigenvalue weighted by Gasteiger charge is -2.27. The van der Waals surface area contributed by atoms with E-state index in [0.29, 0.717) is 12.0 Å². The average molecular weight is 306 g/mol. The Balaban J connectivity index is 2.09. The number of para-hydroxylation sites is 1. The third kappa shape index (κ3) is 3.56. The van der Waals surface area contributed by atoms with E-state index in [0.717, 1.165) is 0 Å². The molecule has 1 atom stereocenters. The first-order valence-corrected chi connectivity index (χ1v) is 6.63. The molecule has 2 amide bonds. The molecule has 0 aromatic heterocycles. The summed E-state index contributed by atoms with van der Waals surface area (Å²) in [5.74, 6) is -1.84. The summed E-state index contributed by atoms with van der Waals surface area (Å²) in [5.41, 5.74) is 5.46. The highest BCUT2D eigenvalue weighted by Crippen LogP contribution is 2.36. The standard InChI is InChI=1S/C13H15BN2O6/c15-13(20)16-6-9(17)5-8-4-7-2-1-3-10(12(18)19)11(7)22-14(8)21/h1-3,8,21H,4-6H2,(H,18,19)(H3,15,16,20)/t8-/m1/s1. The third-order valence-corrected chi connectivity index (χ3v) is 3.40. The maximum Gasteiger partial charge on any atom is 0.526 e. The second-order valence-electron chi connectivity index (χ2n) is 5.03. The number of amides is 2. The SMILES string of the molecule is NC(=O)NCC(=O)C[C@H]1Cc2cccc(C(=O)O)c2OB1O. The molecule has 8 nitrogen and oxygen atoms in total. The number of urea groups is 1. The highest BCUT2D eigenvalue weighted by molar-refractivity contribution is 6.47. The molecule has 0 unspecified atom stereocenters. The Morgan fingerprint density at radius 3 is 2.77 bits per heavy atom. The van der Waals surface area contributed by atoms with E-state index >= 15 is 0 Å². The quantitative estimate of drug-likeness (QED) is 0.555. The topological polar surface area (TPSA) is 139 Å². The Labute approximate surface area is 126 Å². The molecule has 0 bridgehead atoms. The number of carbonyl (C=O) groups is 3. The van der Waals surface area contributed by atoms with Crippen LogP contribution in [0.25, 0.3) is 0 Å². The van der Waals surface area contributed by atoms with Crippen molar-refractivity contribution in [3.8, 4) is 5.75 Å². The molecule has 116 valence electrons. The average Bonchev–Trinajstić information content (AvgIpc) is 2.45. The van der Waals surface area contributed by atoms with E-state index in [1.165, 1.54) is 6.07 Å². The molecular formula is C13H15BN2O6. The summed E-state index contributed by atoms with van der Waals surface area (Å²) < 4.78 is 5.27. The summed E-state index contributed by atoms with van der Waals surface area (Å²) in [5, 5.41) is 21.2. The number of benzene rings is 1. The van der Waals surface area contributed by atoms with E-state index in [2.05, 4.69) is 5.32 Å². The van der Waals surface area contributed by atoms with Crippen LogP contribution in [0, 0.1) is 0 Å². The molecule has 22 heavy (non-hydrogen) atoms. The van der Waals surface area contributed by atoms with Crippen molar-refractivity contribution < 1.29 is 29.2 Å². The van der Waals surface area contributed by atoms with Gasteiger partial charge >= 0.3 is 19.1 Å². The molecule has 1 aromatic rings. The number of carbonyl (C=O) groups excluding carboxylic acids is 2. The van der Waals surface area contributed by atoms with Crippen molar-refractivity contribution in [3.63, 3.8) is 0 Å². The minimum absolute atomic E-state index is 0.0157. The number of fused-ring (bicyclic) bond motifs is 1. The van der Waals surface area contributed by atoms with Crippen LogP contribution in [0.3, 0.4) is 0 Å². The van der Waals surface area contributed by atoms with E-state index in [1.807, 2.05) is 0 Å². The van der Waals surface area contributed by atoms with Crippen molar-refractivity contribution in [1.29, 1.82) is 0 Å². The van der Waals surface area contributed by atoms with Gasteiger partial charge in [-0.2, -0.15) is 0 Å². The Morgan fingerprint density at radius 1 is 1.41 bits per heavy atom. The van der Waals surface area contributed by atoms with Crippen LogP contribution in [-0.2, 0) is 11.2 Å². The van der Waals surface area contributed by atoms with Gasteiger partial charge in [-0.1, -0.05) is 12.1 Å². The number of nitrogens with two attached hydrogens (primary N) is 1. The van der Waals surface area contributed by atoms with Gasteiger partial charge in [0.15, 0.2) is 5.78 Å². The minimum atomic E-state index is -1.29. The van der Waals surface area contributed by atoms with Gasteiger partial charge in [0.1, 0.15) is 5.75 Å². The molecule has 0 saturated carbocycles. The van der Waals surface area contributed by atoms with Crippen LogP contribution >= 0.6 is 0 Å². The van der Waals surface area contributed by atoms with Gasteiger partial charge in [0, 0.05) is 12.2 Å². The van der Waals surface area contributed by atoms with Gasteiger partial charge in [-0.25, -0.2) is 9.59 Å². The molecule has 1 aliphatic rings.